The minimum absolute atomic E-state index is 0.246. The van der Waals surface area contributed by atoms with Gasteiger partial charge in [-0.1, -0.05) is 19.1 Å². The van der Waals surface area contributed by atoms with Crippen molar-refractivity contribution in [2.75, 3.05) is 6.61 Å². The number of carbonyl (C=O) groups is 1. The van der Waals surface area contributed by atoms with Crippen LogP contribution < -0.4 is 0 Å². The zero-order chi connectivity index (χ0) is 12.3. The van der Waals surface area contributed by atoms with Crippen LogP contribution in [0.25, 0.3) is 0 Å². The number of hydrogen-bond acceptors (Lipinski definition) is 3. The quantitative estimate of drug-likeness (QED) is 0.629. The Morgan fingerprint density at radius 2 is 2.24 bits per heavy atom. The third-order valence-electron chi connectivity index (χ3n) is 3.12. The molecule has 0 spiro atoms. The number of esters is 1. The summed E-state index contributed by atoms with van der Waals surface area (Å²) in [6.45, 7) is 2.65. The molecule has 1 aliphatic rings. The number of furan rings is 1. The molecule has 0 fully saturated rings. The van der Waals surface area contributed by atoms with Crippen molar-refractivity contribution < 1.29 is 13.9 Å². The molecule has 3 nitrogen and oxygen atoms in total. The molecule has 2 atom stereocenters. The molecular weight excluding hydrogens is 284 g/mol. The Labute approximate surface area is 109 Å². The molecule has 0 amide bonds. The summed E-state index contributed by atoms with van der Waals surface area (Å²) < 4.78 is 10.9. The fourth-order valence-corrected chi connectivity index (χ4v) is 2.22. The van der Waals surface area contributed by atoms with E-state index in [4.69, 9.17) is 9.15 Å². The number of hydrogen-bond donors (Lipinski definition) is 0. The molecule has 1 heterocycles. The van der Waals surface area contributed by atoms with E-state index in [1.165, 1.54) is 0 Å². The van der Waals surface area contributed by atoms with Gasteiger partial charge >= 0.3 is 5.97 Å². The van der Waals surface area contributed by atoms with Crippen LogP contribution in [0.5, 0.6) is 0 Å². The maximum absolute atomic E-state index is 11.7. The van der Waals surface area contributed by atoms with E-state index in [2.05, 4.69) is 35.0 Å². The lowest BCUT2D eigenvalue weighted by Gasteiger charge is -2.24. The lowest BCUT2D eigenvalue weighted by Crippen LogP contribution is -2.21. The van der Waals surface area contributed by atoms with Crippen LogP contribution in [0.2, 0.25) is 0 Å². The van der Waals surface area contributed by atoms with E-state index in [1.807, 2.05) is 0 Å². The number of carbonyl (C=O) groups excluding carboxylic acids is 1. The second-order valence-electron chi connectivity index (χ2n) is 4.38. The molecule has 0 radical (unpaired) electrons. The molecule has 0 aromatic carbocycles. The highest BCUT2D eigenvalue weighted by atomic mass is 79.9. The molecule has 1 aromatic rings. The number of rotatable bonds is 3. The van der Waals surface area contributed by atoms with Gasteiger partial charge < -0.3 is 9.15 Å². The summed E-state index contributed by atoms with van der Waals surface area (Å²) in [6, 6.07) is 3.29. The van der Waals surface area contributed by atoms with Crippen LogP contribution in [0.1, 0.15) is 30.3 Å². The first-order valence-corrected chi connectivity index (χ1v) is 6.53. The molecule has 0 saturated heterocycles. The van der Waals surface area contributed by atoms with Crippen LogP contribution in [0.4, 0.5) is 0 Å². The van der Waals surface area contributed by atoms with Gasteiger partial charge in [0, 0.05) is 0 Å². The summed E-state index contributed by atoms with van der Waals surface area (Å²) in [7, 11) is 0. The Kier molecular flexibility index (Phi) is 4.05. The van der Waals surface area contributed by atoms with E-state index in [9.17, 15) is 4.79 Å². The maximum Gasteiger partial charge on any atom is 0.374 e. The molecule has 1 aromatic heterocycles. The largest absolute Gasteiger partial charge is 0.460 e. The van der Waals surface area contributed by atoms with Crippen LogP contribution in [0, 0.1) is 11.8 Å². The van der Waals surface area contributed by atoms with Crippen LogP contribution in [-0.2, 0) is 4.74 Å². The van der Waals surface area contributed by atoms with Crippen LogP contribution >= 0.6 is 15.9 Å². The summed E-state index contributed by atoms with van der Waals surface area (Å²) in [5.74, 6) is 0.840. The monoisotopic (exact) mass is 298 g/mol. The van der Waals surface area contributed by atoms with Crippen molar-refractivity contribution in [1.82, 2.24) is 0 Å². The minimum atomic E-state index is -0.391. The average Bonchev–Trinajstić information content (AvgIpc) is 2.74. The molecule has 2 rings (SSSR count). The van der Waals surface area contributed by atoms with Crippen molar-refractivity contribution in [2.24, 2.45) is 11.8 Å². The first-order valence-electron chi connectivity index (χ1n) is 5.74. The summed E-state index contributed by atoms with van der Waals surface area (Å²) >= 11 is 3.15. The first kappa shape index (κ1) is 12.4. The fourth-order valence-electron chi connectivity index (χ4n) is 1.92. The Bertz CT molecular complexity index is 422. The van der Waals surface area contributed by atoms with Crippen molar-refractivity contribution in [3.05, 3.63) is 34.7 Å². The molecule has 1 aliphatic carbocycles. The van der Waals surface area contributed by atoms with E-state index in [0.717, 1.165) is 12.8 Å². The van der Waals surface area contributed by atoms with Crippen LogP contribution in [-0.4, -0.2) is 12.6 Å². The van der Waals surface area contributed by atoms with Gasteiger partial charge in [-0.05, 0) is 52.7 Å². The Morgan fingerprint density at radius 1 is 1.47 bits per heavy atom. The van der Waals surface area contributed by atoms with Crippen molar-refractivity contribution in [3.8, 4) is 0 Å². The zero-order valence-corrected chi connectivity index (χ0v) is 11.3. The van der Waals surface area contributed by atoms with E-state index >= 15 is 0 Å². The van der Waals surface area contributed by atoms with Gasteiger partial charge in [0.1, 0.15) is 0 Å². The van der Waals surface area contributed by atoms with Gasteiger partial charge in [-0.3, -0.25) is 0 Å². The number of ether oxygens (including phenoxy) is 1. The van der Waals surface area contributed by atoms with E-state index in [-0.39, 0.29) is 5.76 Å². The second kappa shape index (κ2) is 5.54. The van der Waals surface area contributed by atoms with Gasteiger partial charge in [-0.25, -0.2) is 4.79 Å². The van der Waals surface area contributed by atoms with Gasteiger partial charge in [0.25, 0.3) is 0 Å². The molecule has 17 heavy (non-hydrogen) atoms. The van der Waals surface area contributed by atoms with Crippen LogP contribution in [0.3, 0.4) is 0 Å². The average molecular weight is 299 g/mol. The van der Waals surface area contributed by atoms with Gasteiger partial charge in [0.15, 0.2) is 4.67 Å². The van der Waals surface area contributed by atoms with E-state index in [0.29, 0.717) is 23.1 Å². The van der Waals surface area contributed by atoms with Gasteiger partial charge in [-0.15, -0.1) is 0 Å². The molecule has 4 heteroatoms. The predicted molar refractivity (Wildman–Crippen MR) is 67.7 cm³/mol. The minimum Gasteiger partial charge on any atom is -0.460 e. The lowest BCUT2D eigenvalue weighted by atomic mass is 9.85. The molecule has 0 saturated carbocycles. The number of halogens is 1. The topological polar surface area (TPSA) is 39.4 Å². The maximum atomic E-state index is 11.7. The zero-order valence-electron chi connectivity index (χ0n) is 9.69. The summed E-state index contributed by atoms with van der Waals surface area (Å²) in [5, 5.41) is 0. The first-order chi connectivity index (χ1) is 8.16. The number of allylic oxidation sites excluding steroid dienone is 2. The SMILES string of the molecule is CC1CC=CCC1COC(=O)c1ccc(Br)o1. The van der Waals surface area contributed by atoms with Crippen LogP contribution in [0.15, 0.2) is 33.4 Å². The Hall–Kier alpha value is -1.03. The van der Waals surface area contributed by atoms with E-state index in [1.54, 1.807) is 12.1 Å². The van der Waals surface area contributed by atoms with Crippen molar-refractivity contribution in [3.63, 3.8) is 0 Å². The van der Waals surface area contributed by atoms with Gasteiger partial charge in [0.2, 0.25) is 5.76 Å². The predicted octanol–water partition coefficient (Wildman–Crippen LogP) is 3.80. The Balaban J connectivity index is 1.86. The Morgan fingerprint density at radius 3 is 2.88 bits per heavy atom. The molecule has 0 aliphatic heterocycles. The highest BCUT2D eigenvalue weighted by molar-refractivity contribution is 9.10. The highest BCUT2D eigenvalue weighted by Gasteiger charge is 2.21. The fraction of sp³-hybridized carbons (Fsp3) is 0.462. The van der Waals surface area contributed by atoms with Gasteiger partial charge in [0.05, 0.1) is 6.61 Å². The molecule has 0 bridgehead atoms. The standard InChI is InChI=1S/C13H15BrO3/c1-9-4-2-3-5-10(9)8-16-13(15)11-6-7-12(14)17-11/h2-3,6-7,9-10H,4-5,8H2,1H3. The van der Waals surface area contributed by atoms with Crippen molar-refractivity contribution >= 4 is 21.9 Å². The third kappa shape index (κ3) is 3.22. The lowest BCUT2D eigenvalue weighted by molar-refractivity contribution is 0.0359. The summed E-state index contributed by atoms with van der Waals surface area (Å²) in [6.07, 6.45) is 6.39. The summed E-state index contributed by atoms with van der Waals surface area (Å²) in [4.78, 5) is 11.7. The molecule has 92 valence electrons. The third-order valence-corrected chi connectivity index (χ3v) is 3.55. The molecular formula is C13H15BrO3. The second-order valence-corrected chi connectivity index (χ2v) is 5.16. The smallest absolute Gasteiger partial charge is 0.374 e. The van der Waals surface area contributed by atoms with E-state index < -0.39 is 5.97 Å². The molecule has 0 N–H and O–H groups in total. The highest BCUT2D eigenvalue weighted by Crippen LogP contribution is 2.25. The van der Waals surface area contributed by atoms with Crippen molar-refractivity contribution in [2.45, 2.75) is 19.8 Å². The summed E-state index contributed by atoms with van der Waals surface area (Å²) in [5.41, 5.74) is 0. The normalized spacial score (nSPS) is 23.6. The van der Waals surface area contributed by atoms with Gasteiger partial charge in [-0.2, -0.15) is 0 Å². The van der Waals surface area contributed by atoms with Crippen molar-refractivity contribution in [1.29, 1.82) is 0 Å². The molecule has 2 unspecified atom stereocenters.